The molecule has 1 rings (SSSR count). The number of anilines is 1. The predicted octanol–water partition coefficient (Wildman–Crippen LogP) is 2.69. The van der Waals surface area contributed by atoms with Gasteiger partial charge in [-0.3, -0.25) is 4.98 Å². The lowest BCUT2D eigenvalue weighted by molar-refractivity contribution is 0.325. The van der Waals surface area contributed by atoms with Crippen LogP contribution in [0.3, 0.4) is 0 Å². The van der Waals surface area contributed by atoms with Crippen LogP contribution in [0.4, 0.5) is 5.82 Å². The molecule has 0 saturated carbocycles. The van der Waals surface area contributed by atoms with Crippen molar-refractivity contribution in [2.45, 2.75) is 32.1 Å². The van der Waals surface area contributed by atoms with Crippen LogP contribution < -0.4 is 10.1 Å². The average molecular weight is 244 g/mol. The van der Waals surface area contributed by atoms with E-state index in [1.807, 2.05) is 13.8 Å². The number of halogens is 1. The van der Waals surface area contributed by atoms with Crippen molar-refractivity contribution in [1.82, 2.24) is 9.97 Å². The molecule has 1 heterocycles. The molecule has 0 spiro atoms. The molecular weight excluding hydrogens is 226 g/mol. The Hall–Kier alpha value is -1.03. The maximum absolute atomic E-state index is 5.85. The van der Waals surface area contributed by atoms with Crippen LogP contribution in [0.25, 0.3) is 0 Å². The van der Waals surface area contributed by atoms with Crippen LogP contribution in [-0.4, -0.2) is 28.5 Å². The Balaban J connectivity index is 2.33. The molecular formula is C11H18ClN3O. The van der Waals surface area contributed by atoms with Crippen LogP contribution in [0, 0.1) is 0 Å². The molecule has 0 aliphatic rings. The molecule has 4 nitrogen and oxygen atoms in total. The first kappa shape index (κ1) is 13.0. The van der Waals surface area contributed by atoms with E-state index in [0.717, 1.165) is 25.2 Å². The van der Waals surface area contributed by atoms with E-state index in [0.29, 0.717) is 12.5 Å². The highest BCUT2D eigenvalue weighted by atomic mass is 35.5. The number of nitrogens with one attached hydrogen (secondary N) is 1. The third-order valence-corrected chi connectivity index (χ3v) is 2.21. The van der Waals surface area contributed by atoms with Crippen LogP contribution in [0.1, 0.15) is 26.7 Å². The number of hydrogen-bond acceptors (Lipinski definition) is 4. The molecule has 1 unspecified atom stereocenters. The van der Waals surface area contributed by atoms with Crippen LogP contribution in [0.15, 0.2) is 12.4 Å². The van der Waals surface area contributed by atoms with Crippen molar-refractivity contribution in [1.29, 1.82) is 0 Å². The Morgan fingerprint density at radius 2 is 2.31 bits per heavy atom. The summed E-state index contributed by atoms with van der Waals surface area (Å²) in [6.07, 6.45) is 5.31. The molecule has 0 fully saturated rings. The second kappa shape index (κ2) is 7.28. The summed E-state index contributed by atoms with van der Waals surface area (Å²) in [4.78, 5) is 8.29. The summed E-state index contributed by atoms with van der Waals surface area (Å²) >= 11 is 5.85. The van der Waals surface area contributed by atoms with Crippen LogP contribution in [0.2, 0.25) is 0 Å². The molecule has 1 N–H and O–H groups in total. The van der Waals surface area contributed by atoms with Gasteiger partial charge in [0.25, 0.3) is 0 Å². The van der Waals surface area contributed by atoms with Crippen LogP contribution >= 0.6 is 11.6 Å². The Labute approximate surface area is 101 Å². The van der Waals surface area contributed by atoms with Crippen molar-refractivity contribution < 1.29 is 4.74 Å². The lowest BCUT2D eigenvalue weighted by Gasteiger charge is -2.07. The maximum Gasteiger partial charge on any atom is 0.234 e. The van der Waals surface area contributed by atoms with E-state index in [2.05, 4.69) is 15.3 Å². The van der Waals surface area contributed by atoms with Gasteiger partial charge in [0.1, 0.15) is 5.82 Å². The average Bonchev–Trinajstić information content (AvgIpc) is 2.25. The van der Waals surface area contributed by atoms with Gasteiger partial charge in [0.2, 0.25) is 5.88 Å². The number of nitrogens with zero attached hydrogens (tertiary/aromatic N) is 2. The zero-order valence-corrected chi connectivity index (χ0v) is 10.5. The minimum absolute atomic E-state index is 0.225. The van der Waals surface area contributed by atoms with Gasteiger partial charge in [-0.1, -0.05) is 0 Å². The second-order valence-corrected chi connectivity index (χ2v) is 4.27. The summed E-state index contributed by atoms with van der Waals surface area (Å²) in [6.45, 7) is 5.37. The smallest absolute Gasteiger partial charge is 0.234 e. The SMILES string of the molecule is CCOc1cncc(NCCCC(C)Cl)n1. The minimum Gasteiger partial charge on any atom is -0.477 e. The standard InChI is InChI=1S/C11H18ClN3O/c1-3-16-11-8-13-7-10(15-11)14-6-4-5-9(2)12/h7-9H,3-6H2,1-2H3,(H,14,15). The minimum atomic E-state index is 0.225. The molecule has 1 atom stereocenters. The molecule has 0 aliphatic carbocycles. The van der Waals surface area contributed by atoms with E-state index in [4.69, 9.17) is 16.3 Å². The number of ether oxygens (including phenoxy) is 1. The first-order valence-corrected chi connectivity index (χ1v) is 5.98. The summed E-state index contributed by atoms with van der Waals surface area (Å²) in [7, 11) is 0. The fourth-order valence-corrected chi connectivity index (χ4v) is 1.40. The Bertz CT molecular complexity index is 307. The third-order valence-electron chi connectivity index (χ3n) is 1.99. The summed E-state index contributed by atoms with van der Waals surface area (Å²) in [5.41, 5.74) is 0. The number of alkyl halides is 1. The highest BCUT2D eigenvalue weighted by Crippen LogP contribution is 2.09. The lowest BCUT2D eigenvalue weighted by Crippen LogP contribution is -2.06. The van der Waals surface area contributed by atoms with Gasteiger partial charge in [-0.25, -0.2) is 0 Å². The fourth-order valence-electron chi connectivity index (χ4n) is 1.25. The van der Waals surface area contributed by atoms with E-state index < -0.39 is 0 Å². The molecule has 16 heavy (non-hydrogen) atoms. The molecule has 90 valence electrons. The summed E-state index contributed by atoms with van der Waals surface area (Å²) in [6, 6.07) is 0. The summed E-state index contributed by atoms with van der Waals surface area (Å²) < 4.78 is 5.26. The molecule has 0 bridgehead atoms. The second-order valence-electron chi connectivity index (χ2n) is 3.53. The van der Waals surface area contributed by atoms with Gasteiger partial charge in [0, 0.05) is 11.9 Å². The molecule has 5 heteroatoms. The molecule has 0 aliphatic heterocycles. The molecule has 0 radical (unpaired) electrons. The molecule has 0 aromatic carbocycles. The van der Waals surface area contributed by atoms with Gasteiger partial charge < -0.3 is 10.1 Å². The van der Waals surface area contributed by atoms with Crippen molar-refractivity contribution in [2.24, 2.45) is 0 Å². The normalized spacial score (nSPS) is 12.2. The van der Waals surface area contributed by atoms with Crippen molar-refractivity contribution in [3.63, 3.8) is 0 Å². The monoisotopic (exact) mass is 243 g/mol. The maximum atomic E-state index is 5.85. The third kappa shape index (κ3) is 5.16. The largest absolute Gasteiger partial charge is 0.477 e. The highest BCUT2D eigenvalue weighted by molar-refractivity contribution is 6.20. The quantitative estimate of drug-likeness (QED) is 0.591. The van der Waals surface area contributed by atoms with Gasteiger partial charge in [-0.2, -0.15) is 4.98 Å². The van der Waals surface area contributed by atoms with Crippen molar-refractivity contribution in [3.05, 3.63) is 12.4 Å². The van der Waals surface area contributed by atoms with Gasteiger partial charge in [0.05, 0.1) is 19.0 Å². The molecule has 0 saturated heterocycles. The number of rotatable bonds is 7. The Morgan fingerprint density at radius 1 is 1.50 bits per heavy atom. The highest BCUT2D eigenvalue weighted by Gasteiger charge is 1.99. The van der Waals surface area contributed by atoms with E-state index in [1.54, 1.807) is 12.4 Å². The lowest BCUT2D eigenvalue weighted by atomic mass is 10.2. The summed E-state index contributed by atoms with van der Waals surface area (Å²) in [5, 5.41) is 3.41. The topological polar surface area (TPSA) is 47.0 Å². The van der Waals surface area contributed by atoms with E-state index in [9.17, 15) is 0 Å². The van der Waals surface area contributed by atoms with Gasteiger partial charge in [0.15, 0.2) is 0 Å². The van der Waals surface area contributed by atoms with E-state index >= 15 is 0 Å². The van der Waals surface area contributed by atoms with Crippen molar-refractivity contribution in [2.75, 3.05) is 18.5 Å². The molecule has 0 amide bonds. The Kier molecular flexibility index (Phi) is 5.93. The summed E-state index contributed by atoms with van der Waals surface area (Å²) in [5.74, 6) is 1.30. The van der Waals surface area contributed by atoms with E-state index in [-0.39, 0.29) is 5.38 Å². The first-order valence-electron chi connectivity index (χ1n) is 5.55. The molecule has 1 aromatic heterocycles. The van der Waals surface area contributed by atoms with Gasteiger partial charge in [-0.15, -0.1) is 11.6 Å². The van der Waals surface area contributed by atoms with Crippen molar-refractivity contribution >= 4 is 17.4 Å². The van der Waals surface area contributed by atoms with Gasteiger partial charge in [-0.05, 0) is 26.7 Å². The zero-order valence-electron chi connectivity index (χ0n) is 9.74. The van der Waals surface area contributed by atoms with Gasteiger partial charge >= 0.3 is 0 Å². The van der Waals surface area contributed by atoms with Crippen LogP contribution in [-0.2, 0) is 0 Å². The Morgan fingerprint density at radius 3 is 3.00 bits per heavy atom. The predicted molar refractivity (Wildman–Crippen MR) is 66.2 cm³/mol. The molecule has 1 aromatic rings. The zero-order chi connectivity index (χ0) is 11.8. The van der Waals surface area contributed by atoms with Crippen LogP contribution in [0.5, 0.6) is 5.88 Å². The number of hydrogen-bond donors (Lipinski definition) is 1. The van der Waals surface area contributed by atoms with E-state index in [1.165, 1.54) is 0 Å². The first-order chi connectivity index (χ1) is 7.72. The number of aromatic nitrogens is 2. The fraction of sp³-hybridized carbons (Fsp3) is 0.636. The van der Waals surface area contributed by atoms with Crippen molar-refractivity contribution in [3.8, 4) is 5.88 Å².